The van der Waals surface area contributed by atoms with Crippen molar-refractivity contribution in [2.75, 3.05) is 5.75 Å². The van der Waals surface area contributed by atoms with Crippen LogP contribution in [0.15, 0.2) is 59.5 Å². The topological polar surface area (TPSA) is 17.1 Å². The van der Waals surface area contributed by atoms with Crippen LogP contribution in [0.2, 0.25) is 0 Å². The molecule has 0 fully saturated rings. The van der Waals surface area contributed by atoms with Crippen LogP contribution in [0.4, 0.5) is 0 Å². The van der Waals surface area contributed by atoms with Gasteiger partial charge in [-0.2, -0.15) is 0 Å². The maximum Gasteiger partial charge on any atom is 0.0533 e. The van der Waals surface area contributed by atoms with Crippen molar-refractivity contribution >= 4 is 10.8 Å². The Bertz CT molecular complexity index is 491. The summed E-state index contributed by atoms with van der Waals surface area (Å²) in [6, 6.07) is 18.0. The summed E-state index contributed by atoms with van der Waals surface area (Å²) in [4.78, 5) is 0.927. The molecule has 1 unspecified atom stereocenters. The Hall–Kier alpha value is -1.41. The summed E-state index contributed by atoms with van der Waals surface area (Å²) in [5, 5.41) is 0. The summed E-state index contributed by atoms with van der Waals surface area (Å²) in [6.07, 6.45) is 0. The van der Waals surface area contributed by atoms with Gasteiger partial charge in [0.1, 0.15) is 0 Å². The number of hydrogen-bond donors (Lipinski definition) is 0. The minimum Gasteiger partial charge on any atom is -0.254 e. The van der Waals surface area contributed by atoms with E-state index in [1.807, 2.05) is 61.5 Å². The molecule has 2 aromatic carbocycles. The fourth-order valence-electron chi connectivity index (χ4n) is 1.68. The van der Waals surface area contributed by atoms with Crippen LogP contribution >= 0.6 is 0 Å². The molecule has 0 radical (unpaired) electrons. The van der Waals surface area contributed by atoms with E-state index in [2.05, 4.69) is 0 Å². The second-order valence-electron chi connectivity index (χ2n) is 3.50. The first-order valence-electron chi connectivity index (χ1n) is 5.35. The van der Waals surface area contributed by atoms with Crippen molar-refractivity contribution < 1.29 is 4.21 Å². The maximum atomic E-state index is 11.9. The quantitative estimate of drug-likeness (QED) is 0.789. The van der Waals surface area contributed by atoms with Gasteiger partial charge in [-0.3, -0.25) is 4.21 Å². The van der Waals surface area contributed by atoms with Gasteiger partial charge in [-0.1, -0.05) is 55.5 Å². The van der Waals surface area contributed by atoms with Crippen molar-refractivity contribution in [1.82, 2.24) is 0 Å². The summed E-state index contributed by atoms with van der Waals surface area (Å²) in [7, 11) is -0.902. The number of hydrogen-bond acceptors (Lipinski definition) is 1. The molecule has 0 bridgehead atoms. The summed E-state index contributed by atoms with van der Waals surface area (Å²) in [5.41, 5.74) is 2.20. The molecule has 16 heavy (non-hydrogen) atoms. The van der Waals surface area contributed by atoms with E-state index in [1.165, 1.54) is 0 Å². The predicted molar refractivity (Wildman–Crippen MR) is 68.8 cm³/mol. The van der Waals surface area contributed by atoms with Gasteiger partial charge in [-0.25, -0.2) is 0 Å². The van der Waals surface area contributed by atoms with Gasteiger partial charge in [-0.05, 0) is 17.2 Å². The highest BCUT2D eigenvalue weighted by Gasteiger charge is 2.08. The Morgan fingerprint density at radius 2 is 1.56 bits per heavy atom. The fraction of sp³-hybridized carbons (Fsp3) is 0.143. The Morgan fingerprint density at radius 1 is 0.938 bits per heavy atom. The van der Waals surface area contributed by atoms with Gasteiger partial charge < -0.3 is 0 Å². The standard InChI is InChI=1S/C14H14OS/c1-2-16(15)14-11-7-6-10-13(14)12-8-4-3-5-9-12/h3-11H,2H2,1H3. The van der Waals surface area contributed by atoms with Crippen molar-refractivity contribution in [3.05, 3.63) is 54.6 Å². The molecule has 0 aromatic heterocycles. The van der Waals surface area contributed by atoms with Crippen LogP contribution in [0.5, 0.6) is 0 Å². The van der Waals surface area contributed by atoms with Crippen LogP contribution in [0.3, 0.4) is 0 Å². The van der Waals surface area contributed by atoms with E-state index in [0.29, 0.717) is 5.75 Å². The Labute approximate surface area is 98.6 Å². The van der Waals surface area contributed by atoms with E-state index in [0.717, 1.165) is 16.0 Å². The number of rotatable bonds is 3. The molecule has 0 spiro atoms. The van der Waals surface area contributed by atoms with Crippen LogP contribution in [-0.2, 0) is 10.8 Å². The zero-order chi connectivity index (χ0) is 11.4. The van der Waals surface area contributed by atoms with Crippen LogP contribution in [0, 0.1) is 0 Å². The highest BCUT2D eigenvalue weighted by Crippen LogP contribution is 2.25. The normalized spacial score (nSPS) is 12.3. The smallest absolute Gasteiger partial charge is 0.0533 e. The summed E-state index contributed by atoms with van der Waals surface area (Å²) < 4.78 is 11.9. The Morgan fingerprint density at radius 3 is 2.25 bits per heavy atom. The molecule has 0 aliphatic rings. The van der Waals surface area contributed by atoms with Gasteiger partial charge in [0.2, 0.25) is 0 Å². The maximum absolute atomic E-state index is 11.9. The second kappa shape index (κ2) is 5.08. The summed E-state index contributed by atoms with van der Waals surface area (Å²) in [6.45, 7) is 1.94. The Balaban J connectivity index is 2.53. The van der Waals surface area contributed by atoms with Crippen molar-refractivity contribution in [3.63, 3.8) is 0 Å². The molecule has 0 heterocycles. The first-order chi connectivity index (χ1) is 7.83. The first kappa shape index (κ1) is 11.1. The molecule has 0 saturated heterocycles. The van der Waals surface area contributed by atoms with E-state index < -0.39 is 10.8 Å². The molecule has 2 aromatic rings. The fourth-order valence-corrected chi connectivity index (χ4v) is 2.65. The SMILES string of the molecule is CCS(=O)c1ccccc1-c1ccccc1. The van der Waals surface area contributed by atoms with Crippen molar-refractivity contribution in [3.8, 4) is 11.1 Å². The zero-order valence-electron chi connectivity index (χ0n) is 9.22. The average Bonchev–Trinajstić information content (AvgIpc) is 2.39. The third kappa shape index (κ3) is 2.22. The van der Waals surface area contributed by atoms with Crippen molar-refractivity contribution in [1.29, 1.82) is 0 Å². The predicted octanol–water partition coefficient (Wildman–Crippen LogP) is 3.48. The molecule has 0 aliphatic heterocycles. The minimum absolute atomic E-state index is 0.657. The largest absolute Gasteiger partial charge is 0.254 e. The molecule has 1 nitrogen and oxygen atoms in total. The third-order valence-corrected chi connectivity index (χ3v) is 3.85. The van der Waals surface area contributed by atoms with Crippen LogP contribution in [0.1, 0.15) is 6.92 Å². The van der Waals surface area contributed by atoms with Gasteiger partial charge in [0.05, 0.1) is 10.8 Å². The van der Waals surface area contributed by atoms with E-state index in [4.69, 9.17) is 0 Å². The van der Waals surface area contributed by atoms with E-state index >= 15 is 0 Å². The van der Waals surface area contributed by atoms with E-state index in [9.17, 15) is 4.21 Å². The molecule has 0 amide bonds. The zero-order valence-corrected chi connectivity index (χ0v) is 10.0. The average molecular weight is 230 g/mol. The van der Waals surface area contributed by atoms with Gasteiger partial charge in [0.15, 0.2) is 0 Å². The van der Waals surface area contributed by atoms with Gasteiger partial charge in [0.25, 0.3) is 0 Å². The number of benzene rings is 2. The second-order valence-corrected chi connectivity index (χ2v) is 5.20. The van der Waals surface area contributed by atoms with Crippen molar-refractivity contribution in [2.24, 2.45) is 0 Å². The molecule has 0 aliphatic carbocycles. The lowest BCUT2D eigenvalue weighted by Crippen LogP contribution is -1.96. The van der Waals surface area contributed by atoms with E-state index in [1.54, 1.807) is 0 Å². The highest BCUT2D eigenvalue weighted by molar-refractivity contribution is 7.85. The summed E-state index contributed by atoms with van der Waals surface area (Å²) in [5.74, 6) is 0.657. The lowest BCUT2D eigenvalue weighted by atomic mass is 10.1. The minimum atomic E-state index is -0.902. The first-order valence-corrected chi connectivity index (χ1v) is 6.67. The van der Waals surface area contributed by atoms with Crippen LogP contribution < -0.4 is 0 Å². The van der Waals surface area contributed by atoms with Crippen LogP contribution in [0.25, 0.3) is 11.1 Å². The molecule has 82 valence electrons. The Kier molecular flexibility index (Phi) is 3.52. The summed E-state index contributed by atoms with van der Waals surface area (Å²) >= 11 is 0. The molecular weight excluding hydrogens is 216 g/mol. The molecule has 0 saturated carbocycles. The molecular formula is C14H14OS. The highest BCUT2D eigenvalue weighted by atomic mass is 32.2. The molecule has 0 N–H and O–H groups in total. The molecule has 1 atom stereocenters. The lowest BCUT2D eigenvalue weighted by molar-refractivity contribution is 0.684. The molecule has 2 heteroatoms. The monoisotopic (exact) mass is 230 g/mol. The van der Waals surface area contributed by atoms with Gasteiger partial charge in [0, 0.05) is 10.6 Å². The third-order valence-electron chi connectivity index (χ3n) is 2.48. The lowest BCUT2D eigenvalue weighted by Gasteiger charge is -2.07. The van der Waals surface area contributed by atoms with Gasteiger partial charge >= 0.3 is 0 Å². The molecule has 2 rings (SSSR count). The van der Waals surface area contributed by atoms with E-state index in [-0.39, 0.29) is 0 Å². The van der Waals surface area contributed by atoms with Crippen LogP contribution in [-0.4, -0.2) is 9.96 Å². The van der Waals surface area contributed by atoms with Crippen molar-refractivity contribution in [2.45, 2.75) is 11.8 Å². The van der Waals surface area contributed by atoms with Gasteiger partial charge in [-0.15, -0.1) is 0 Å².